The van der Waals surface area contributed by atoms with Gasteiger partial charge in [0.15, 0.2) is 0 Å². The molecule has 0 N–H and O–H groups in total. The molecule has 0 spiro atoms. The lowest BCUT2D eigenvalue weighted by atomic mass is 9.88. The third-order valence-corrected chi connectivity index (χ3v) is 5.28. The fourth-order valence-corrected chi connectivity index (χ4v) is 3.07. The molecular weight excluding hydrogens is 320 g/mol. The number of ether oxygens (including phenoxy) is 2. The highest BCUT2D eigenvalue weighted by molar-refractivity contribution is 9.09. The van der Waals surface area contributed by atoms with Crippen LogP contribution in [-0.4, -0.2) is 16.9 Å². The van der Waals surface area contributed by atoms with E-state index < -0.39 is 0 Å². The van der Waals surface area contributed by atoms with E-state index in [9.17, 15) is 4.79 Å². The molecule has 20 heavy (non-hydrogen) atoms. The summed E-state index contributed by atoms with van der Waals surface area (Å²) in [7, 11) is 0. The quantitative estimate of drug-likeness (QED) is 0.463. The van der Waals surface area contributed by atoms with Crippen LogP contribution < -0.4 is 9.47 Å². The van der Waals surface area contributed by atoms with Crippen molar-refractivity contribution in [2.75, 3.05) is 5.33 Å². The first kappa shape index (κ1) is 15.4. The molecular formula is C16H21BrO3. The minimum absolute atomic E-state index is 0.167. The van der Waals surface area contributed by atoms with Crippen molar-refractivity contribution in [1.82, 2.24) is 0 Å². The molecule has 0 amide bonds. The molecule has 1 atom stereocenters. The number of carbonyl (C=O) groups is 1. The second kappa shape index (κ2) is 5.40. The lowest BCUT2D eigenvalue weighted by Gasteiger charge is -2.37. The summed E-state index contributed by atoms with van der Waals surface area (Å²) in [6.45, 7) is 9.56. The van der Waals surface area contributed by atoms with Gasteiger partial charge in [0.05, 0.1) is 0 Å². The standard InChI is InChI=1S/C16H21BrO3/c1-9-10(2)15-13(6-7-16(5,8-17)20-15)11(3)14(9)19-12(4)18/h6-8H2,1-5H3. The predicted molar refractivity (Wildman–Crippen MR) is 83.1 cm³/mol. The van der Waals surface area contributed by atoms with E-state index in [-0.39, 0.29) is 11.6 Å². The van der Waals surface area contributed by atoms with E-state index in [1.165, 1.54) is 12.5 Å². The molecule has 0 saturated heterocycles. The average molecular weight is 341 g/mol. The Morgan fingerprint density at radius 3 is 2.50 bits per heavy atom. The number of carbonyl (C=O) groups excluding carboxylic acids is 1. The summed E-state index contributed by atoms with van der Waals surface area (Å²) in [4.78, 5) is 11.3. The van der Waals surface area contributed by atoms with Crippen LogP contribution in [0.15, 0.2) is 0 Å². The molecule has 0 fully saturated rings. The van der Waals surface area contributed by atoms with Crippen molar-refractivity contribution in [2.24, 2.45) is 0 Å². The maximum Gasteiger partial charge on any atom is 0.308 e. The van der Waals surface area contributed by atoms with E-state index >= 15 is 0 Å². The highest BCUT2D eigenvalue weighted by Gasteiger charge is 2.34. The van der Waals surface area contributed by atoms with Gasteiger partial charge in [-0.25, -0.2) is 0 Å². The fourth-order valence-electron chi connectivity index (χ4n) is 2.67. The van der Waals surface area contributed by atoms with Gasteiger partial charge in [-0.05, 0) is 57.2 Å². The van der Waals surface area contributed by atoms with E-state index in [2.05, 4.69) is 22.9 Å². The summed E-state index contributed by atoms with van der Waals surface area (Å²) >= 11 is 3.53. The number of esters is 1. The Morgan fingerprint density at radius 2 is 1.95 bits per heavy atom. The zero-order valence-electron chi connectivity index (χ0n) is 12.7. The molecule has 3 nitrogen and oxygen atoms in total. The van der Waals surface area contributed by atoms with Crippen molar-refractivity contribution in [3.63, 3.8) is 0 Å². The summed E-state index contributed by atoms with van der Waals surface area (Å²) in [5, 5.41) is 0.808. The Hall–Kier alpha value is -1.03. The van der Waals surface area contributed by atoms with Crippen LogP contribution in [0.4, 0.5) is 0 Å². The molecule has 1 aliphatic heterocycles. The van der Waals surface area contributed by atoms with Crippen LogP contribution in [-0.2, 0) is 11.2 Å². The van der Waals surface area contributed by atoms with Gasteiger partial charge in [-0.15, -0.1) is 0 Å². The van der Waals surface area contributed by atoms with E-state index in [0.717, 1.165) is 40.6 Å². The Balaban J connectivity index is 2.57. The summed E-state index contributed by atoms with van der Waals surface area (Å²) in [6.07, 6.45) is 1.90. The van der Waals surface area contributed by atoms with Crippen LogP contribution in [0.3, 0.4) is 0 Å². The zero-order chi connectivity index (χ0) is 15.1. The third kappa shape index (κ3) is 2.58. The highest BCUT2D eigenvalue weighted by atomic mass is 79.9. The summed E-state index contributed by atoms with van der Waals surface area (Å²) in [6, 6.07) is 0. The summed E-state index contributed by atoms with van der Waals surface area (Å²) < 4.78 is 11.6. The van der Waals surface area contributed by atoms with E-state index in [4.69, 9.17) is 9.47 Å². The maximum atomic E-state index is 11.3. The van der Waals surface area contributed by atoms with E-state index in [1.54, 1.807) is 0 Å². The minimum atomic E-state index is -0.280. The molecule has 1 unspecified atom stereocenters. The number of rotatable bonds is 2. The first-order chi connectivity index (χ1) is 9.29. The van der Waals surface area contributed by atoms with Gasteiger partial charge in [-0.1, -0.05) is 15.9 Å². The molecule has 0 aliphatic carbocycles. The van der Waals surface area contributed by atoms with Crippen LogP contribution in [0.25, 0.3) is 0 Å². The number of halogens is 1. The summed E-state index contributed by atoms with van der Waals surface area (Å²) in [5.74, 6) is 1.38. The highest BCUT2D eigenvalue weighted by Crippen LogP contribution is 2.44. The van der Waals surface area contributed by atoms with Gasteiger partial charge in [0, 0.05) is 17.8 Å². The number of hydrogen-bond acceptors (Lipinski definition) is 3. The topological polar surface area (TPSA) is 35.5 Å². The summed E-state index contributed by atoms with van der Waals surface area (Å²) in [5.41, 5.74) is 4.07. The lowest BCUT2D eigenvalue weighted by molar-refractivity contribution is -0.132. The maximum absolute atomic E-state index is 11.3. The molecule has 0 saturated carbocycles. The van der Waals surface area contributed by atoms with Gasteiger partial charge in [0.1, 0.15) is 17.1 Å². The fraction of sp³-hybridized carbons (Fsp3) is 0.562. The molecule has 0 radical (unpaired) electrons. The number of alkyl halides is 1. The van der Waals surface area contributed by atoms with E-state index in [0.29, 0.717) is 5.75 Å². The van der Waals surface area contributed by atoms with Crippen LogP contribution in [0.1, 0.15) is 42.5 Å². The third-order valence-electron chi connectivity index (χ3n) is 4.09. The van der Waals surface area contributed by atoms with Crippen molar-refractivity contribution < 1.29 is 14.3 Å². The molecule has 1 aromatic rings. The molecule has 0 aromatic heterocycles. The van der Waals surface area contributed by atoms with Crippen LogP contribution in [0.5, 0.6) is 11.5 Å². The molecule has 1 heterocycles. The minimum Gasteiger partial charge on any atom is -0.486 e. The van der Waals surface area contributed by atoms with Gasteiger partial charge in [0.25, 0.3) is 0 Å². The molecule has 2 rings (SSSR count). The number of fused-ring (bicyclic) bond motifs is 1. The molecule has 1 aromatic carbocycles. The van der Waals surface area contributed by atoms with Gasteiger partial charge < -0.3 is 9.47 Å². The lowest BCUT2D eigenvalue weighted by Crippen LogP contribution is -2.38. The SMILES string of the molecule is CC(=O)Oc1c(C)c(C)c2c(c1C)CCC(C)(CBr)O2. The number of hydrogen-bond donors (Lipinski definition) is 0. The predicted octanol–water partition coefficient (Wildman–Crippen LogP) is 4.02. The van der Waals surface area contributed by atoms with Crippen LogP contribution in [0, 0.1) is 20.8 Å². The van der Waals surface area contributed by atoms with Gasteiger partial charge in [-0.3, -0.25) is 4.79 Å². The molecule has 1 aliphatic rings. The smallest absolute Gasteiger partial charge is 0.308 e. The normalized spacial score (nSPS) is 21.1. The van der Waals surface area contributed by atoms with E-state index in [1.807, 2.05) is 20.8 Å². The van der Waals surface area contributed by atoms with Crippen molar-refractivity contribution in [3.8, 4) is 11.5 Å². The second-order valence-electron chi connectivity index (χ2n) is 5.79. The Morgan fingerprint density at radius 1 is 1.30 bits per heavy atom. The van der Waals surface area contributed by atoms with Gasteiger partial charge in [-0.2, -0.15) is 0 Å². The first-order valence-electron chi connectivity index (χ1n) is 6.85. The first-order valence-corrected chi connectivity index (χ1v) is 7.97. The zero-order valence-corrected chi connectivity index (χ0v) is 14.3. The van der Waals surface area contributed by atoms with Gasteiger partial charge >= 0.3 is 5.97 Å². The second-order valence-corrected chi connectivity index (χ2v) is 6.35. The van der Waals surface area contributed by atoms with Crippen molar-refractivity contribution in [2.45, 2.75) is 53.1 Å². The Bertz CT molecular complexity index is 566. The number of benzene rings is 1. The molecule has 0 bridgehead atoms. The average Bonchev–Trinajstić information content (AvgIpc) is 2.41. The van der Waals surface area contributed by atoms with Crippen molar-refractivity contribution in [3.05, 3.63) is 22.3 Å². The Kier molecular flexibility index (Phi) is 4.14. The molecule has 4 heteroatoms. The van der Waals surface area contributed by atoms with Crippen LogP contribution >= 0.6 is 15.9 Å². The van der Waals surface area contributed by atoms with Gasteiger partial charge in [0.2, 0.25) is 0 Å². The molecule has 110 valence electrons. The van der Waals surface area contributed by atoms with Crippen LogP contribution in [0.2, 0.25) is 0 Å². The monoisotopic (exact) mass is 340 g/mol. The van der Waals surface area contributed by atoms with Crippen molar-refractivity contribution >= 4 is 21.9 Å². The van der Waals surface area contributed by atoms with Crippen molar-refractivity contribution in [1.29, 1.82) is 0 Å². The Labute approximate surface area is 128 Å². The largest absolute Gasteiger partial charge is 0.486 e.